The molecule has 0 amide bonds. The third-order valence-corrected chi connectivity index (χ3v) is 4.70. The normalized spacial score (nSPS) is 32.3. The van der Waals surface area contributed by atoms with Crippen molar-refractivity contribution in [3.63, 3.8) is 0 Å². The van der Waals surface area contributed by atoms with Gasteiger partial charge in [0.2, 0.25) is 0 Å². The van der Waals surface area contributed by atoms with Crippen LogP contribution in [0.2, 0.25) is 0 Å². The third kappa shape index (κ3) is 3.05. The molecule has 2 fully saturated rings. The van der Waals surface area contributed by atoms with Gasteiger partial charge in [-0.1, -0.05) is 13.8 Å². The summed E-state index contributed by atoms with van der Waals surface area (Å²) in [5, 5.41) is 19.7. The second-order valence-electron chi connectivity index (χ2n) is 6.77. The molecule has 2 N–H and O–H groups in total. The Hall–Kier alpha value is -0.160. The van der Waals surface area contributed by atoms with Crippen molar-refractivity contribution in [1.82, 2.24) is 4.90 Å². The zero-order valence-corrected chi connectivity index (χ0v) is 11.7. The fourth-order valence-corrected chi connectivity index (χ4v) is 3.24. The molecule has 1 unspecified atom stereocenters. The molecule has 18 heavy (non-hydrogen) atoms. The van der Waals surface area contributed by atoms with E-state index in [1.807, 2.05) is 0 Å². The predicted octanol–water partition coefficient (Wildman–Crippen LogP) is 0.868. The van der Waals surface area contributed by atoms with Crippen LogP contribution in [0.3, 0.4) is 0 Å². The summed E-state index contributed by atoms with van der Waals surface area (Å²) in [5.41, 5.74) is -0.0311. The van der Waals surface area contributed by atoms with Crippen molar-refractivity contribution in [2.75, 3.05) is 39.5 Å². The average Bonchev–Trinajstić information content (AvgIpc) is 2.35. The summed E-state index contributed by atoms with van der Waals surface area (Å²) >= 11 is 0. The summed E-state index contributed by atoms with van der Waals surface area (Å²) in [5.74, 6) is 0. The number of rotatable bonds is 3. The highest BCUT2D eigenvalue weighted by Gasteiger charge is 2.39. The standard InChI is InChI=1S/C14H27NO3/c1-13(2)9-15(6-3-12(13)17)10-14(11-16)4-7-18-8-5-14/h12,16-17H,3-11H2,1-2H3. The van der Waals surface area contributed by atoms with Crippen LogP contribution in [0.5, 0.6) is 0 Å². The fourth-order valence-electron chi connectivity index (χ4n) is 3.24. The van der Waals surface area contributed by atoms with Crippen LogP contribution in [0.15, 0.2) is 0 Å². The number of aliphatic hydroxyl groups excluding tert-OH is 2. The molecule has 2 saturated heterocycles. The summed E-state index contributed by atoms with van der Waals surface area (Å²) in [6, 6.07) is 0. The highest BCUT2D eigenvalue weighted by Crippen LogP contribution is 2.35. The molecular weight excluding hydrogens is 230 g/mol. The van der Waals surface area contributed by atoms with E-state index in [1.54, 1.807) is 0 Å². The quantitative estimate of drug-likeness (QED) is 0.788. The summed E-state index contributed by atoms with van der Waals surface area (Å²) in [4.78, 5) is 2.41. The summed E-state index contributed by atoms with van der Waals surface area (Å²) in [6.07, 6.45) is 2.53. The average molecular weight is 257 g/mol. The van der Waals surface area contributed by atoms with Gasteiger partial charge in [-0.3, -0.25) is 0 Å². The summed E-state index contributed by atoms with van der Waals surface area (Å²) in [7, 11) is 0. The van der Waals surface area contributed by atoms with Gasteiger partial charge in [0, 0.05) is 43.7 Å². The molecule has 4 heteroatoms. The van der Waals surface area contributed by atoms with E-state index < -0.39 is 0 Å². The van der Waals surface area contributed by atoms with Crippen LogP contribution in [0.4, 0.5) is 0 Å². The Labute approximate surface area is 110 Å². The molecular formula is C14H27NO3. The van der Waals surface area contributed by atoms with Gasteiger partial charge in [0.15, 0.2) is 0 Å². The van der Waals surface area contributed by atoms with Gasteiger partial charge in [-0.15, -0.1) is 0 Å². The van der Waals surface area contributed by atoms with E-state index in [9.17, 15) is 10.2 Å². The first-order chi connectivity index (χ1) is 8.47. The molecule has 0 radical (unpaired) electrons. The largest absolute Gasteiger partial charge is 0.396 e. The second kappa shape index (κ2) is 5.45. The number of aliphatic hydroxyl groups is 2. The van der Waals surface area contributed by atoms with Crippen molar-refractivity contribution >= 4 is 0 Å². The molecule has 0 spiro atoms. The van der Waals surface area contributed by atoms with E-state index in [1.165, 1.54) is 0 Å². The van der Waals surface area contributed by atoms with Crippen molar-refractivity contribution < 1.29 is 14.9 Å². The lowest BCUT2D eigenvalue weighted by atomic mass is 9.77. The van der Waals surface area contributed by atoms with Gasteiger partial charge in [-0.2, -0.15) is 0 Å². The number of hydrogen-bond donors (Lipinski definition) is 2. The number of nitrogens with zero attached hydrogens (tertiary/aromatic N) is 1. The topological polar surface area (TPSA) is 52.9 Å². The molecule has 0 bridgehead atoms. The van der Waals surface area contributed by atoms with Crippen molar-refractivity contribution in [3.05, 3.63) is 0 Å². The molecule has 0 aromatic heterocycles. The molecule has 106 valence electrons. The van der Waals surface area contributed by atoms with Gasteiger partial charge < -0.3 is 19.8 Å². The molecule has 0 saturated carbocycles. The lowest BCUT2D eigenvalue weighted by Crippen LogP contribution is -2.53. The summed E-state index contributed by atoms with van der Waals surface area (Å²) in [6.45, 7) is 8.81. The van der Waals surface area contributed by atoms with E-state index in [0.717, 1.165) is 52.1 Å². The Kier molecular flexibility index (Phi) is 4.32. The maximum atomic E-state index is 9.99. The smallest absolute Gasteiger partial charge is 0.0615 e. The first-order valence-corrected chi connectivity index (χ1v) is 7.07. The zero-order chi connectivity index (χ0) is 13.2. The monoisotopic (exact) mass is 257 g/mol. The lowest BCUT2D eigenvalue weighted by molar-refractivity contribution is -0.0692. The molecule has 2 rings (SSSR count). The first kappa shape index (κ1) is 14.3. The minimum Gasteiger partial charge on any atom is -0.396 e. The molecule has 0 aromatic carbocycles. The van der Waals surface area contributed by atoms with Gasteiger partial charge in [-0.05, 0) is 19.3 Å². The second-order valence-corrected chi connectivity index (χ2v) is 6.77. The number of hydrogen-bond acceptors (Lipinski definition) is 4. The van der Waals surface area contributed by atoms with Crippen molar-refractivity contribution in [2.45, 2.75) is 39.2 Å². The number of piperidine rings is 1. The molecule has 4 nitrogen and oxygen atoms in total. The Morgan fingerprint density at radius 3 is 2.50 bits per heavy atom. The van der Waals surface area contributed by atoms with Gasteiger partial charge in [0.25, 0.3) is 0 Å². The lowest BCUT2D eigenvalue weighted by Gasteiger charge is -2.46. The van der Waals surface area contributed by atoms with Gasteiger partial charge in [0.1, 0.15) is 0 Å². The Morgan fingerprint density at radius 1 is 1.28 bits per heavy atom. The fraction of sp³-hybridized carbons (Fsp3) is 1.00. The van der Waals surface area contributed by atoms with E-state index in [4.69, 9.17) is 4.74 Å². The Balaban J connectivity index is 1.96. The molecule has 0 aliphatic carbocycles. The third-order valence-electron chi connectivity index (χ3n) is 4.70. The van der Waals surface area contributed by atoms with Gasteiger partial charge in [-0.25, -0.2) is 0 Å². The summed E-state index contributed by atoms with van der Waals surface area (Å²) < 4.78 is 5.40. The van der Waals surface area contributed by atoms with E-state index >= 15 is 0 Å². The van der Waals surface area contributed by atoms with Crippen LogP contribution in [0.25, 0.3) is 0 Å². The van der Waals surface area contributed by atoms with Crippen LogP contribution in [-0.4, -0.2) is 60.7 Å². The predicted molar refractivity (Wildman–Crippen MR) is 70.4 cm³/mol. The highest BCUT2D eigenvalue weighted by atomic mass is 16.5. The number of likely N-dealkylation sites (tertiary alicyclic amines) is 1. The maximum absolute atomic E-state index is 9.99. The minimum atomic E-state index is -0.200. The van der Waals surface area contributed by atoms with Crippen LogP contribution in [-0.2, 0) is 4.74 Å². The Bertz CT molecular complexity index is 274. The Morgan fingerprint density at radius 2 is 1.94 bits per heavy atom. The van der Waals surface area contributed by atoms with Gasteiger partial charge >= 0.3 is 0 Å². The molecule has 2 aliphatic heterocycles. The molecule has 0 aromatic rings. The van der Waals surface area contributed by atoms with E-state index in [2.05, 4.69) is 18.7 Å². The molecule has 1 atom stereocenters. The molecule has 2 aliphatic rings. The van der Waals surface area contributed by atoms with Crippen molar-refractivity contribution in [1.29, 1.82) is 0 Å². The van der Waals surface area contributed by atoms with Crippen LogP contribution in [0, 0.1) is 10.8 Å². The highest BCUT2D eigenvalue weighted by molar-refractivity contribution is 4.91. The zero-order valence-electron chi connectivity index (χ0n) is 11.7. The van der Waals surface area contributed by atoms with Crippen LogP contribution >= 0.6 is 0 Å². The van der Waals surface area contributed by atoms with Crippen LogP contribution < -0.4 is 0 Å². The van der Waals surface area contributed by atoms with Crippen molar-refractivity contribution in [3.8, 4) is 0 Å². The number of ether oxygens (including phenoxy) is 1. The van der Waals surface area contributed by atoms with Crippen LogP contribution in [0.1, 0.15) is 33.1 Å². The van der Waals surface area contributed by atoms with Crippen molar-refractivity contribution in [2.24, 2.45) is 10.8 Å². The van der Waals surface area contributed by atoms with E-state index in [-0.39, 0.29) is 23.5 Å². The van der Waals surface area contributed by atoms with Gasteiger partial charge in [0.05, 0.1) is 12.7 Å². The molecule has 2 heterocycles. The SMILES string of the molecule is CC1(C)CN(CC2(CO)CCOCC2)CCC1O. The minimum absolute atomic E-state index is 0.0105. The first-order valence-electron chi connectivity index (χ1n) is 7.07. The maximum Gasteiger partial charge on any atom is 0.0615 e. The van der Waals surface area contributed by atoms with E-state index in [0.29, 0.717) is 0 Å².